The van der Waals surface area contributed by atoms with Crippen molar-refractivity contribution < 1.29 is 33.3 Å². The summed E-state index contributed by atoms with van der Waals surface area (Å²) in [5.74, 6) is -0.607. The highest BCUT2D eigenvalue weighted by molar-refractivity contribution is 14.1. The van der Waals surface area contributed by atoms with Crippen LogP contribution in [-0.2, 0) is 33.3 Å². The molecule has 0 N–H and O–H groups in total. The second-order valence-electron chi connectivity index (χ2n) is 9.39. The molecule has 7 nitrogen and oxygen atoms in total. The van der Waals surface area contributed by atoms with Crippen LogP contribution in [0.4, 0.5) is 0 Å². The van der Waals surface area contributed by atoms with Crippen LogP contribution in [0, 0.1) is 0 Å². The van der Waals surface area contributed by atoms with Crippen molar-refractivity contribution in [2.24, 2.45) is 0 Å². The Hall–Kier alpha value is -1.32. The number of ether oxygens (including phenoxy) is 4. The van der Waals surface area contributed by atoms with E-state index in [-0.39, 0.29) is 24.6 Å². The molecule has 34 heavy (non-hydrogen) atoms. The minimum Gasteiger partial charge on any atom is -0.491 e. The van der Waals surface area contributed by atoms with Crippen molar-refractivity contribution in [2.75, 3.05) is 0 Å². The fraction of sp³-hybridized carbons (Fsp3) is 0.808. The van der Waals surface area contributed by atoms with Crippen molar-refractivity contribution in [1.29, 1.82) is 0 Å². The van der Waals surface area contributed by atoms with Gasteiger partial charge in [-0.2, -0.15) is 0 Å². The molecule has 0 spiro atoms. The maximum absolute atomic E-state index is 12.1. The van der Waals surface area contributed by atoms with E-state index in [1.54, 1.807) is 29.5 Å². The van der Waals surface area contributed by atoms with Crippen LogP contribution in [0.1, 0.15) is 110 Å². The highest BCUT2D eigenvalue weighted by atomic mass is 127. The maximum Gasteiger partial charge on any atom is 0.358 e. The van der Waals surface area contributed by atoms with Crippen LogP contribution >= 0.6 is 22.6 Å². The minimum atomic E-state index is -0.902. The lowest BCUT2D eigenvalue weighted by Gasteiger charge is -2.26. The van der Waals surface area contributed by atoms with Gasteiger partial charge in [0.2, 0.25) is 4.11 Å². The van der Waals surface area contributed by atoms with Gasteiger partial charge in [-0.05, 0) is 93.7 Å². The summed E-state index contributed by atoms with van der Waals surface area (Å²) in [4.78, 5) is 36.2. The molecule has 0 aromatic rings. The van der Waals surface area contributed by atoms with Crippen molar-refractivity contribution >= 4 is 40.5 Å². The normalized spacial score (nSPS) is 19.0. The lowest BCUT2D eigenvalue weighted by atomic mass is 9.98. The zero-order valence-corrected chi connectivity index (χ0v) is 22.7. The van der Waals surface area contributed by atoms with Gasteiger partial charge in [-0.15, -0.1) is 0 Å². The number of carbonyl (C=O) groups is 3. The summed E-state index contributed by atoms with van der Waals surface area (Å²) in [5, 5.41) is 0. The van der Waals surface area contributed by atoms with Crippen molar-refractivity contribution in [3.8, 4) is 0 Å². The Balaban J connectivity index is 1.48. The van der Waals surface area contributed by atoms with Crippen LogP contribution in [0.3, 0.4) is 0 Å². The van der Waals surface area contributed by atoms with E-state index in [1.165, 1.54) is 25.7 Å². The predicted octanol–water partition coefficient (Wildman–Crippen LogP) is 6.30. The van der Waals surface area contributed by atoms with Crippen LogP contribution in [0.25, 0.3) is 0 Å². The third-order valence-electron chi connectivity index (χ3n) is 6.40. The molecule has 0 amide bonds. The highest BCUT2D eigenvalue weighted by Crippen LogP contribution is 2.24. The first-order valence-corrected chi connectivity index (χ1v) is 14.2. The smallest absolute Gasteiger partial charge is 0.358 e. The molecular weight excluding hydrogens is 551 g/mol. The number of hydrogen-bond acceptors (Lipinski definition) is 7. The van der Waals surface area contributed by atoms with E-state index in [2.05, 4.69) is 6.58 Å². The van der Waals surface area contributed by atoms with Gasteiger partial charge in [0.1, 0.15) is 11.9 Å². The Morgan fingerprint density at radius 2 is 1.24 bits per heavy atom. The number of alkyl halides is 1. The van der Waals surface area contributed by atoms with Crippen molar-refractivity contribution in [1.82, 2.24) is 0 Å². The second-order valence-corrected chi connectivity index (χ2v) is 10.5. The van der Waals surface area contributed by atoms with E-state index in [4.69, 9.17) is 18.9 Å². The standard InChI is InChI=1S/C26H41IO7/c1-19(31-21-13-7-5-8-14-21)20(2)32-23(28)17-11-3-4-12-18-24(29)34-25(27)26(30)33-22-15-9-6-10-16-22/h20-22,25H,1,3-18H2,2H3. The van der Waals surface area contributed by atoms with Gasteiger partial charge in [-0.1, -0.05) is 32.3 Å². The average Bonchev–Trinajstić information content (AvgIpc) is 2.82. The topological polar surface area (TPSA) is 88.1 Å². The molecule has 0 heterocycles. The Kier molecular flexibility index (Phi) is 13.9. The summed E-state index contributed by atoms with van der Waals surface area (Å²) >= 11 is 1.81. The van der Waals surface area contributed by atoms with Gasteiger partial charge in [0.25, 0.3) is 0 Å². The molecule has 2 unspecified atom stereocenters. The highest BCUT2D eigenvalue weighted by Gasteiger charge is 2.25. The van der Waals surface area contributed by atoms with E-state index < -0.39 is 22.2 Å². The molecular formula is C26H41IO7. The van der Waals surface area contributed by atoms with Gasteiger partial charge in [-0.25, -0.2) is 4.79 Å². The van der Waals surface area contributed by atoms with Crippen molar-refractivity contribution in [3.05, 3.63) is 12.3 Å². The van der Waals surface area contributed by atoms with Crippen molar-refractivity contribution in [3.63, 3.8) is 0 Å². The quantitative estimate of drug-likeness (QED) is 0.0584. The number of unbranched alkanes of at least 4 members (excludes halogenated alkanes) is 3. The fourth-order valence-electron chi connectivity index (χ4n) is 4.33. The third kappa shape index (κ3) is 11.9. The summed E-state index contributed by atoms with van der Waals surface area (Å²) in [5.41, 5.74) is 0. The second kappa shape index (κ2) is 16.4. The molecule has 2 atom stereocenters. The number of rotatable bonds is 14. The summed E-state index contributed by atoms with van der Waals surface area (Å²) in [7, 11) is 0. The molecule has 0 aromatic carbocycles. The lowest BCUT2D eigenvalue weighted by Crippen LogP contribution is -2.29. The van der Waals surface area contributed by atoms with E-state index in [1.807, 2.05) is 0 Å². The van der Waals surface area contributed by atoms with Crippen LogP contribution < -0.4 is 0 Å². The summed E-state index contributed by atoms with van der Waals surface area (Å²) in [6, 6.07) is 0. The summed E-state index contributed by atoms with van der Waals surface area (Å²) in [6.07, 6.45) is 14.0. The zero-order valence-electron chi connectivity index (χ0n) is 20.6. The van der Waals surface area contributed by atoms with Gasteiger partial charge in [-0.3, -0.25) is 9.59 Å². The molecule has 2 aliphatic rings. The fourth-order valence-corrected chi connectivity index (χ4v) is 4.76. The molecule has 0 aliphatic heterocycles. The zero-order chi connectivity index (χ0) is 24.8. The molecule has 0 aromatic heterocycles. The van der Waals surface area contributed by atoms with Crippen LogP contribution in [0.2, 0.25) is 0 Å². The Bertz CT molecular complexity index is 598. The number of hydrogen-bond donors (Lipinski definition) is 0. The van der Waals surface area contributed by atoms with Crippen LogP contribution in [0.15, 0.2) is 12.3 Å². The Labute approximate surface area is 217 Å². The maximum atomic E-state index is 12.1. The Morgan fingerprint density at radius 3 is 1.76 bits per heavy atom. The summed E-state index contributed by atoms with van der Waals surface area (Å²) < 4.78 is 21.0. The van der Waals surface area contributed by atoms with Gasteiger partial charge in [0.05, 0.1) is 6.10 Å². The first-order valence-electron chi connectivity index (χ1n) is 12.9. The van der Waals surface area contributed by atoms with Gasteiger partial charge in [0, 0.05) is 12.8 Å². The summed E-state index contributed by atoms with van der Waals surface area (Å²) in [6.45, 7) is 5.72. The molecule has 2 aliphatic carbocycles. The molecule has 2 fully saturated rings. The molecule has 0 saturated heterocycles. The number of halogens is 1. The Morgan fingerprint density at radius 1 is 0.765 bits per heavy atom. The molecule has 0 bridgehead atoms. The largest absolute Gasteiger partial charge is 0.491 e. The number of carbonyl (C=O) groups excluding carboxylic acids is 3. The first-order chi connectivity index (χ1) is 16.3. The first kappa shape index (κ1) is 28.9. The SMILES string of the molecule is C=C(OC1CCCCC1)C(C)OC(=O)CCCCCCC(=O)OC(I)C(=O)OC1CCCCC1. The van der Waals surface area contributed by atoms with Crippen LogP contribution in [-0.4, -0.2) is 40.3 Å². The van der Waals surface area contributed by atoms with Gasteiger partial charge >= 0.3 is 17.9 Å². The van der Waals surface area contributed by atoms with E-state index in [0.29, 0.717) is 25.0 Å². The molecule has 8 heteroatoms. The monoisotopic (exact) mass is 592 g/mol. The molecule has 0 radical (unpaired) electrons. The molecule has 2 rings (SSSR count). The molecule has 194 valence electrons. The van der Waals surface area contributed by atoms with Gasteiger partial charge in [0.15, 0.2) is 6.10 Å². The van der Waals surface area contributed by atoms with E-state index in [9.17, 15) is 14.4 Å². The molecule has 2 saturated carbocycles. The van der Waals surface area contributed by atoms with Gasteiger partial charge < -0.3 is 18.9 Å². The van der Waals surface area contributed by atoms with Crippen LogP contribution in [0.5, 0.6) is 0 Å². The average molecular weight is 593 g/mol. The minimum absolute atomic E-state index is 0.0469. The van der Waals surface area contributed by atoms with Crippen molar-refractivity contribution in [2.45, 2.75) is 132 Å². The third-order valence-corrected chi connectivity index (χ3v) is 7.16. The number of esters is 3. The van der Waals surface area contributed by atoms with E-state index >= 15 is 0 Å². The van der Waals surface area contributed by atoms with E-state index in [0.717, 1.165) is 51.4 Å². The lowest BCUT2D eigenvalue weighted by molar-refractivity contribution is -0.164. The predicted molar refractivity (Wildman–Crippen MR) is 137 cm³/mol.